The molecule has 38 heavy (non-hydrogen) atoms. The molecule has 1 unspecified atom stereocenters. The number of aromatic nitrogens is 1. The Morgan fingerprint density at radius 3 is 2.47 bits per heavy atom. The molecule has 0 bridgehead atoms. The first-order valence-electron chi connectivity index (χ1n) is 12.0. The largest absolute Gasteiger partial charge is 0.497 e. The Bertz CT molecular complexity index is 1600. The molecule has 0 saturated heterocycles. The van der Waals surface area contributed by atoms with E-state index in [0.717, 1.165) is 21.5 Å². The zero-order valence-corrected chi connectivity index (χ0v) is 22.4. The molecule has 0 saturated carbocycles. The topological polar surface area (TPSA) is 80.3 Å². The molecule has 0 radical (unpaired) electrons. The number of thiazole rings is 1. The number of ether oxygens (including phenoxy) is 1. The van der Waals surface area contributed by atoms with Crippen molar-refractivity contribution in [3.05, 3.63) is 102 Å². The number of rotatable bonds is 8. The third kappa shape index (κ3) is 6.04. The fraction of sp³-hybridized carbons (Fsp3) is 0.100. The number of amides is 2. The summed E-state index contributed by atoms with van der Waals surface area (Å²) in [5.41, 5.74) is 3.03. The predicted molar refractivity (Wildman–Crippen MR) is 156 cm³/mol. The highest BCUT2D eigenvalue weighted by Crippen LogP contribution is 2.30. The summed E-state index contributed by atoms with van der Waals surface area (Å²) >= 11 is 2.82. The van der Waals surface area contributed by atoms with Gasteiger partial charge in [0.25, 0.3) is 5.91 Å². The molecule has 8 heteroatoms. The molecule has 4 aromatic carbocycles. The molecule has 2 N–H and O–H groups in total. The van der Waals surface area contributed by atoms with E-state index < -0.39 is 0 Å². The van der Waals surface area contributed by atoms with Crippen molar-refractivity contribution in [3.8, 4) is 17.0 Å². The molecule has 0 fully saturated rings. The average Bonchev–Trinajstić information content (AvgIpc) is 3.41. The van der Waals surface area contributed by atoms with Gasteiger partial charge in [-0.3, -0.25) is 9.59 Å². The number of nitrogens with one attached hydrogen (secondary N) is 2. The standard InChI is InChI=1S/C30H25N3O3S2/c1-19(38-26-9-5-8-24(17-26)31-29(35)21-12-14-25(36-2)15-13-21)28(34)33-30-32-27(18-37-30)23-11-10-20-6-3-4-7-22(20)16-23/h3-19H,1-2H3,(H,31,35)(H,32,33,34). The number of anilines is 2. The molecule has 0 aliphatic rings. The molecular formula is C30H25N3O3S2. The minimum Gasteiger partial charge on any atom is -0.497 e. The van der Waals surface area contributed by atoms with Crippen LogP contribution in [0.3, 0.4) is 0 Å². The van der Waals surface area contributed by atoms with Crippen LogP contribution in [0.1, 0.15) is 17.3 Å². The van der Waals surface area contributed by atoms with Crippen LogP contribution in [0.5, 0.6) is 5.75 Å². The number of carbonyl (C=O) groups is 2. The Kier molecular flexibility index (Phi) is 7.72. The van der Waals surface area contributed by atoms with Crippen molar-refractivity contribution < 1.29 is 14.3 Å². The van der Waals surface area contributed by atoms with E-state index in [9.17, 15) is 9.59 Å². The van der Waals surface area contributed by atoms with Gasteiger partial charge >= 0.3 is 0 Å². The molecule has 5 rings (SSSR count). The Hall–Kier alpha value is -4.14. The number of methoxy groups -OCH3 is 1. The van der Waals surface area contributed by atoms with E-state index >= 15 is 0 Å². The van der Waals surface area contributed by atoms with E-state index in [-0.39, 0.29) is 17.1 Å². The molecule has 0 aliphatic heterocycles. The summed E-state index contributed by atoms with van der Waals surface area (Å²) in [6.07, 6.45) is 0. The summed E-state index contributed by atoms with van der Waals surface area (Å²) in [7, 11) is 1.58. The van der Waals surface area contributed by atoms with E-state index in [1.54, 1.807) is 31.4 Å². The summed E-state index contributed by atoms with van der Waals surface area (Å²) in [4.78, 5) is 31.0. The monoisotopic (exact) mass is 539 g/mol. The van der Waals surface area contributed by atoms with Crippen LogP contribution in [0.2, 0.25) is 0 Å². The van der Waals surface area contributed by atoms with E-state index in [1.165, 1.54) is 28.5 Å². The van der Waals surface area contributed by atoms with Gasteiger partial charge < -0.3 is 15.4 Å². The molecule has 5 aromatic rings. The van der Waals surface area contributed by atoms with Crippen molar-refractivity contribution in [2.75, 3.05) is 17.7 Å². The summed E-state index contributed by atoms with van der Waals surface area (Å²) < 4.78 is 5.14. The van der Waals surface area contributed by atoms with Crippen LogP contribution in [0.4, 0.5) is 10.8 Å². The van der Waals surface area contributed by atoms with Crippen molar-refractivity contribution in [2.24, 2.45) is 0 Å². The number of benzene rings is 4. The van der Waals surface area contributed by atoms with Gasteiger partial charge in [-0.25, -0.2) is 4.98 Å². The van der Waals surface area contributed by atoms with Gasteiger partial charge in [0.05, 0.1) is 18.1 Å². The second-order valence-corrected chi connectivity index (χ2v) is 10.8. The van der Waals surface area contributed by atoms with Gasteiger partial charge in [0.1, 0.15) is 5.75 Å². The van der Waals surface area contributed by atoms with Crippen LogP contribution in [0.25, 0.3) is 22.0 Å². The van der Waals surface area contributed by atoms with E-state index in [4.69, 9.17) is 4.74 Å². The number of carbonyl (C=O) groups excluding carboxylic acids is 2. The van der Waals surface area contributed by atoms with E-state index in [2.05, 4.69) is 39.9 Å². The average molecular weight is 540 g/mol. The maximum Gasteiger partial charge on any atom is 0.255 e. The molecule has 2 amide bonds. The Labute approximate surface area is 229 Å². The number of thioether (sulfide) groups is 1. The van der Waals surface area contributed by atoms with E-state index in [1.807, 2.05) is 54.8 Å². The van der Waals surface area contributed by atoms with E-state index in [0.29, 0.717) is 22.1 Å². The summed E-state index contributed by atoms with van der Waals surface area (Å²) in [6.45, 7) is 1.85. The Balaban J connectivity index is 1.20. The molecule has 1 heterocycles. The fourth-order valence-electron chi connectivity index (χ4n) is 3.87. The quantitative estimate of drug-likeness (QED) is 0.202. The van der Waals surface area contributed by atoms with Gasteiger partial charge in [-0.15, -0.1) is 23.1 Å². The van der Waals surface area contributed by atoms with Crippen molar-refractivity contribution in [1.82, 2.24) is 4.98 Å². The molecule has 0 spiro atoms. The van der Waals surface area contributed by atoms with Crippen molar-refractivity contribution in [3.63, 3.8) is 0 Å². The lowest BCUT2D eigenvalue weighted by Gasteiger charge is -2.12. The highest BCUT2D eigenvalue weighted by atomic mass is 32.2. The Morgan fingerprint density at radius 1 is 0.895 bits per heavy atom. The third-order valence-corrected chi connectivity index (χ3v) is 7.76. The lowest BCUT2D eigenvalue weighted by atomic mass is 10.1. The van der Waals surface area contributed by atoms with Gasteiger partial charge in [-0.05, 0) is 66.2 Å². The predicted octanol–water partition coefficient (Wildman–Crippen LogP) is 7.34. The van der Waals surface area contributed by atoms with Gasteiger partial charge in [0, 0.05) is 27.1 Å². The maximum absolute atomic E-state index is 12.9. The third-order valence-electron chi connectivity index (χ3n) is 5.91. The number of nitrogens with zero attached hydrogens (tertiary/aromatic N) is 1. The van der Waals surface area contributed by atoms with Gasteiger partial charge in [0.2, 0.25) is 5.91 Å². The van der Waals surface area contributed by atoms with Crippen LogP contribution >= 0.6 is 23.1 Å². The van der Waals surface area contributed by atoms with Crippen LogP contribution < -0.4 is 15.4 Å². The van der Waals surface area contributed by atoms with Gasteiger partial charge in [0.15, 0.2) is 5.13 Å². The van der Waals surface area contributed by atoms with Crippen LogP contribution in [0.15, 0.2) is 101 Å². The number of hydrogen-bond acceptors (Lipinski definition) is 6. The second-order valence-electron chi connectivity index (χ2n) is 8.56. The van der Waals surface area contributed by atoms with Gasteiger partial charge in [-0.1, -0.05) is 42.5 Å². The first kappa shape index (κ1) is 25.5. The highest BCUT2D eigenvalue weighted by molar-refractivity contribution is 8.00. The molecule has 190 valence electrons. The summed E-state index contributed by atoms with van der Waals surface area (Å²) in [5, 5.41) is 10.3. The zero-order chi connectivity index (χ0) is 26.5. The molecular weight excluding hydrogens is 514 g/mol. The van der Waals surface area contributed by atoms with Crippen molar-refractivity contribution in [1.29, 1.82) is 0 Å². The molecule has 1 atom stereocenters. The zero-order valence-electron chi connectivity index (χ0n) is 20.8. The van der Waals surface area contributed by atoms with Crippen LogP contribution in [-0.4, -0.2) is 29.2 Å². The molecule has 1 aromatic heterocycles. The first-order valence-corrected chi connectivity index (χ1v) is 13.7. The summed E-state index contributed by atoms with van der Waals surface area (Å²) in [5.74, 6) is 0.337. The minimum absolute atomic E-state index is 0.137. The number of hydrogen-bond donors (Lipinski definition) is 2. The lowest BCUT2D eigenvalue weighted by Crippen LogP contribution is -2.22. The molecule has 0 aliphatic carbocycles. The smallest absolute Gasteiger partial charge is 0.255 e. The Morgan fingerprint density at radius 2 is 1.68 bits per heavy atom. The maximum atomic E-state index is 12.9. The van der Waals surface area contributed by atoms with Crippen molar-refractivity contribution >= 4 is 56.5 Å². The van der Waals surface area contributed by atoms with Crippen LogP contribution in [-0.2, 0) is 4.79 Å². The highest BCUT2D eigenvalue weighted by Gasteiger charge is 2.17. The fourth-order valence-corrected chi connectivity index (χ4v) is 5.52. The second kappa shape index (κ2) is 11.5. The SMILES string of the molecule is COc1ccc(C(=O)Nc2cccc(SC(C)C(=O)Nc3nc(-c4ccc5ccccc5c4)cs3)c2)cc1. The lowest BCUT2D eigenvalue weighted by molar-refractivity contribution is -0.115. The normalized spacial score (nSPS) is 11.6. The van der Waals surface area contributed by atoms with Crippen LogP contribution in [0, 0.1) is 0 Å². The van der Waals surface area contributed by atoms with Crippen molar-refractivity contribution in [2.45, 2.75) is 17.1 Å². The summed E-state index contributed by atoms with van der Waals surface area (Å²) in [6, 6.07) is 28.8. The minimum atomic E-state index is -0.365. The first-order chi connectivity index (χ1) is 18.5. The van der Waals surface area contributed by atoms with Gasteiger partial charge in [-0.2, -0.15) is 0 Å². The number of fused-ring (bicyclic) bond motifs is 1. The molecule has 6 nitrogen and oxygen atoms in total.